The van der Waals surface area contributed by atoms with Crippen LogP contribution >= 0.6 is 23.4 Å². The highest BCUT2D eigenvalue weighted by Gasteiger charge is 2.07. The molecular formula is C17H16ClN5O2S. The fourth-order valence-corrected chi connectivity index (χ4v) is 3.02. The molecule has 1 aromatic heterocycles. The quantitative estimate of drug-likeness (QED) is 0.619. The van der Waals surface area contributed by atoms with Crippen LogP contribution in [0.15, 0.2) is 53.7 Å². The van der Waals surface area contributed by atoms with Gasteiger partial charge in [0.25, 0.3) is 0 Å². The number of carbonyl (C=O) groups is 1. The number of aromatic nitrogens is 4. The van der Waals surface area contributed by atoms with Crippen molar-refractivity contribution in [2.75, 3.05) is 11.1 Å². The Labute approximate surface area is 159 Å². The summed E-state index contributed by atoms with van der Waals surface area (Å²) in [5, 5.41) is 15.2. The monoisotopic (exact) mass is 389 g/mol. The molecule has 9 heteroatoms. The number of nitrogens with one attached hydrogen (secondary N) is 1. The fraction of sp³-hybridized carbons (Fsp3) is 0.176. The van der Waals surface area contributed by atoms with Crippen molar-refractivity contribution in [3.63, 3.8) is 0 Å². The molecule has 0 fully saturated rings. The topological polar surface area (TPSA) is 81.9 Å². The lowest BCUT2D eigenvalue weighted by molar-refractivity contribution is -0.115. The molecule has 0 saturated carbocycles. The molecule has 7 nitrogen and oxygen atoms in total. The van der Waals surface area contributed by atoms with Crippen LogP contribution in [-0.4, -0.2) is 31.9 Å². The second-order valence-electron chi connectivity index (χ2n) is 5.29. The Morgan fingerprint density at radius 2 is 2.00 bits per heavy atom. The minimum Gasteiger partial charge on any atom is -0.456 e. The second-order valence-corrected chi connectivity index (χ2v) is 6.76. The van der Waals surface area contributed by atoms with E-state index in [1.807, 2.05) is 12.1 Å². The summed E-state index contributed by atoms with van der Waals surface area (Å²) in [4.78, 5) is 12.0. The van der Waals surface area contributed by atoms with Crippen molar-refractivity contribution in [2.45, 2.75) is 11.6 Å². The van der Waals surface area contributed by atoms with Gasteiger partial charge in [-0.2, -0.15) is 0 Å². The summed E-state index contributed by atoms with van der Waals surface area (Å²) < 4.78 is 7.29. The lowest BCUT2D eigenvalue weighted by atomic mass is 10.3. The summed E-state index contributed by atoms with van der Waals surface area (Å²) in [5.41, 5.74) is 0.701. The van der Waals surface area contributed by atoms with Gasteiger partial charge >= 0.3 is 0 Å². The van der Waals surface area contributed by atoms with Crippen LogP contribution in [0.5, 0.6) is 11.5 Å². The van der Waals surface area contributed by atoms with Crippen LogP contribution in [0.2, 0.25) is 5.02 Å². The molecule has 0 aliphatic rings. The molecule has 0 atom stereocenters. The number of thioether (sulfide) groups is 1. The normalized spacial score (nSPS) is 10.5. The number of rotatable bonds is 7. The highest BCUT2D eigenvalue weighted by molar-refractivity contribution is 7.99. The number of hydrogen-bond acceptors (Lipinski definition) is 6. The number of halogens is 1. The first kappa shape index (κ1) is 18.2. The molecule has 0 aliphatic carbocycles. The Hall–Kier alpha value is -2.58. The average molecular weight is 390 g/mol. The zero-order chi connectivity index (χ0) is 18.4. The number of amides is 1. The number of anilines is 1. The Kier molecular flexibility index (Phi) is 6.08. The first-order chi connectivity index (χ1) is 12.6. The highest BCUT2D eigenvalue weighted by Crippen LogP contribution is 2.29. The van der Waals surface area contributed by atoms with Crippen LogP contribution < -0.4 is 10.1 Å². The molecule has 0 spiro atoms. The third-order valence-electron chi connectivity index (χ3n) is 3.34. The van der Waals surface area contributed by atoms with Gasteiger partial charge in [-0.05, 0) is 46.8 Å². The van der Waals surface area contributed by atoms with Crippen molar-refractivity contribution in [1.82, 2.24) is 20.2 Å². The van der Waals surface area contributed by atoms with E-state index in [1.165, 1.54) is 11.8 Å². The molecule has 0 radical (unpaired) electrons. The molecule has 0 bridgehead atoms. The van der Waals surface area contributed by atoms with E-state index in [4.69, 9.17) is 16.3 Å². The number of aryl methyl sites for hydroxylation is 1. The summed E-state index contributed by atoms with van der Waals surface area (Å²) in [5.74, 6) is 1.74. The smallest absolute Gasteiger partial charge is 0.225 e. The molecule has 1 amide bonds. The maximum absolute atomic E-state index is 12.0. The number of hydrogen-bond donors (Lipinski definition) is 1. The number of para-hydroxylation sites is 1. The first-order valence-electron chi connectivity index (χ1n) is 7.79. The van der Waals surface area contributed by atoms with Gasteiger partial charge < -0.3 is 10.1 Å². The van der Waals surface area contributed by atoms with E-state index in [9.17, 15) is 4.79 Å². The lowest BCUT2D eigenvalue weighted by Crippen LogP contribution is -2.12. The van der Waals surface area contributed by atoms with E-state index in [0.29, 0.717) is 39.5 Å². The largest absolute Gasteiger partial charge is 0.456 e. The molecule has 134 valence electrons. The van der Waals surface area contributed by atoms with Crippen LogP contribution in [0.1, 0.15) is 6.42 Å². The standard InChI is InChI=1S/C17H16ClN5O2S/c1-23-17(20-21-22-23)26-11-10-16(24)19-12-6-8-13(9-7-12)25-15-5-3-2-4-14(15)18/h2-9H,10-11H2,1H3,(H,19,24). The SMILES string of the molecule is Cn1nnnc1SCCC(=O)Nc1ccc(Oc2ccccc2Cl)cc1. The minimum absolute atomic E-state index is 0.0765. The third kappa shape index (κ3) is 4.96. The van der Waals surface area contributed by atoms with Crippen LogP contribution in [0, 0.1) is 0 Å². The summed E-state index contributed by atoms with van der Waals surface area (Å²) in [6.45, 7) is 0. The molecular weight excluding hydrogens is 374 g/mol. The maximum atomic E-state index is 12.0. The van der Waals surface area contributed by atoms with E-state index in [-0.39, 0.29) is 5.91 Å². The Bertz CT molecular complexity index is 885. The van der Waals surface area contributed by atoms with Crippen LogP contribution in [0.4, 0.5) is 5.69 Å². The third-order valence-corrected chi connectivity index (χ3v) is 4.67. The van der Waals surface area contributed by atoms with Crippen LogP contribution in [0.3, 0.4) is 0 Å². The predicted octanol–water partition coefficient (Wildman–Crippen LogP) is 3.78. The molecule has 1 heterocycles. The van der Waals surface area contributed by atoms with E-state index in [1.54, 1.807) is 48.1 Å². The van der Waals surface area contributed by atoms with Crippen molar-refractivity contribution >= 4 is 35.0 Å². The maximum Gasteiger partial charge on any atom is 0.225 e. The predicted molar refractivity (Wildman–Crippen MR) is 101 cm³/mol. The van der Waals surface area contributed by atoms with E-state index in [0.717, 1.165) is 0 Å². The molecule has 0 aliphatic heterocycles. The second kappa shape index (κ2) is 8.68. The van der Waals surface area contributed by atoms with Gasteiger partial charge in [-0.25, -0.2) is 4.68 Å². The zero-order valence-corrected chi connectivity index (χ0v) is 15.5. The van der Waals surface area contributed by atoms with Crippen molar-refractivity contribution in [3.8, 4) is 11.5 Å². The zero-order valence-electron chi connectivity index (χ0n) is 13.9. The number of tetrazole rings is 1. The van der Waals surface area contributed by atoms with Gasteiger partial charge in [-0.1, -0.05) is 35.5 Å². The number of ether oxygens (including phenoxy) is 1. The number of benzene rings is 2. The van der Waals surface area contributed by atoms with Crippen molar-refractivity contribution in [1.29, 1.82) is 0 Å². The Balaban J connectivity index is 1.48. The molecule has 0 unspecified atom stereocenters. The van der Waals surface area contributed by atoms with Gasteiger partial charge in [0.2, 0.25) is 11.1 Å². The number of carbonyl (C=O) groups excluding carboxylic acids is 1. The van der Waals surface area contributed by atoms with Gasteiger partial charge in [-0.15, -0.1) is 5.10 Å². The summed E-state index contributed by atoms with van der Waals surface area (Å²) in [6.07, 6.45) is 0.357. The summed E-state index contributed by atoms with van der Waals surface area (Å²) >= 11 is 7.50. The molecule has 0 saturated heterocycles. The fourth-order valence-electron chi connectivity index (χ4n) is 2.06. The van der Waals surface area contributed by atoms with E-state index < -0.39 is 0 Å². The minimum atomic E-state index is -0.0765. The van der Waals surface area contributed by atoms with Crippen molar-refractivity contribution < 1.29 is 9.53 Å². The van der Waals surface area contributed by atoms with Gasteiger partial charge in [0, 0.05) is 24.9 Å². The van der Waals surface area contributed by atoms with Gasteiger partial charge in [0.15, 0.2) is 0 Å². The molecule has 3 rings (SSSR count). The first-order valence-corrected chi connectivity index (χ1v) is 9.15. The highest BCUT2D eigenvalue weighted by atomic mass is 35.5. The average Bonchev–Trinajstić information content (AvgIpc) is 3.04. The summed E-state index contributed by atoms with van der Waals surface area (Å²) in [7, 11) is 1.76. The van der Waals surface area contributed by atoms with Gasteiger partial charge in [-0.3, -0.25) is 4.79 Å². The van der Waals surface area contributed by atoms with Gasteiger partial charge in [0.05, 0.1) is 5.02 Å². The van der Waals surface area contributed by atoms with Crippen molar-refractivity contribution in [2.24, 2.45) is 7.05 Å². The number of nitrogens with zero attached hydrogens (tertiary/aromatic N) is 4. The molecule has 3 aromatic rings. The lowest BCUT2D eigenvalue weighted by Gasteiger charge is -2.09. The van der Waals surface area contributed by atoms with E-state index >= 15 is 0 Å². The van der Waals surface area contributed by atoms with E-state index in [2.05, 4.69) is 20.8 Å². The Morgan fingerprint density at radius 3 is 2.69 bits per heavy atom. The summed E-state index contributed by atoms with van der Waals surface area (Å²) in [6, 6.07) is 14.4. The van der Waals surface area contributed by atoms with Crippen LogP contribution in [-0.2, 0) is 11.8 Å². The Morgan fingerprint density at radius 1 is 1.23 bits per heavy atom. The molecule has 26 heavy (non-hydrogen) atoms. The van der Waals surface area contributed by atoms with Crippen molar-refractivity contribution in [3.05, 3.63) is 53.6 Å². The van der Waals surface area contributed by atoms with Gasteiger partial charge in [0.1, 0.15) is 11.5 Å². The molecule has 1 N–H and O–H groups in total. The van der Waals surface area contributed by atoms with Crippen LogP contribution in [0.25, 0.3) is 0 Å². The molecule has 2 aromatic carbocycles.